The normalized spacial score (nSPS) is 10.9. The first-order valence-electron chi connectivity index (χ1n) is 30.3. The van der Waals surface area contributed by atoms with Crippen LogP contribution in [0.1, 0.15) is 18.6 Å². The first-order chi connectivity index (χ1) is 44.1. The van der Waals surface area contributed by atoms with Crippen LogP contribution in [0, 0.1) is 0 Å². The molecule has 0 saturated carbocycles. The Balaban J connectivity index is 0.000000136. The quantitative estimate of drug-likeness (QED) is 0.126. The molecule has 90 heavy (non-hydrogen) atoms. The smallest absolute Gasteiger partial charge is 0.0541 e. The third-order valence-electron chi connectivity index (χ3n) is 16.6. The SMILES string of the molecule is Brc1ccc(-c2ccc3c(c2)c2ccccc2n3-c2ccccc2)cc1.C.c1ccc(-c2ccc(N(c3ccccc3)c3ccc(-c4ccc5c(c4)c4ccccc4n5-c4ccccc4)cc3)cc2)cc1.c1ccc(Cc2ccc(-c3ccccc3)cc2)cc1. The maximum Gasteiger partial charge on any atom is 0.0541 e. The van der Waals surface area contributed by atoms with Crippen molar-refractivity contribution in [1.82, 2.24) is 9.13 Å². The second-order valence-corrected chi connectivity index (χ2v) is 23.1. The molecule has 0 aliphatic rings. The summed E-state index contributed by atoms with van der Waals surface area (Å²) in [6.07, 6.45) is 0.996. The molecule has 2 aromatic heterocycles. The average molecular weight is 1220 g/mol. The van der Waals surface area contributed by atoms with Crippen LogP contribution >= 0.6 is 15.9 Å². The first kappa shape index (κ1) is 58.0. The molecule has 0 aliphatic heterocycles. The Labute approximate surface area is 536 Å². The van der Waals surface area contributed by atoms with Crippen LogP contribution in [0.5, 0.6) is 0 Å². The highest BCUT2D eigenvalue weighted by Crippen LogP contribution is 2.40. The third kappa shape index (κ3) is 12.4. The van der Waals surface area contributed by atoms with Gasteiger partial charge in [0.15, 0.2) is 0 Å². The van der Waals surface area contributed by atoms with E-state index >= 15 is 0 Å². The van der Waals surface area contributed by atoms with Gasteiger partial charge in [0, 0.05) is 54.5 Å². The standard InChI is InChI=1S/C42H30N2.C24H16BrN.C19H16.CH4/c1-4-12-31(13-5-1)32-20-25-37(26-21-32)43(35-14-6-2-7-15-35)38-27-22-33(23-28-38)34-24-29-42-40(30-34)39-18-10-11-19-41(39)44(42)36-16-8-3-9-17-36;25-19-13-10-17(11-14-19)18-12-15-24-22(16-18)21-8-4-5-9-23(21)26(24)20-6-2-1-3-7-20;1-3-7-16(8-4-1)15-17-11-13-19(14-12-17)18-9-5-2-6-10-18;/h1-30H;1-16H;1-14H,15H2;1H4. The number of aromatic nitrogens is 2. The Hall–Kier alpha value is -11.0. The lowest BCUT2D eigenvalue weighted by atomic mass is 10.0. The topological polar surface area (TPSA) is 13.1 Å². The van der Waals surface area contributed by atoms with E-state index in [1.807, 2.05) is 6.07 Å². The summed E-state index contributed by atoms with van der Waals surface area (Å²) < 4.78 is 5.80. The second kappa shape index (κ2) is 26.9. The van der Waals surface area contributed by atoms with Gasteiger partial charge in [0.2, 0.25) is 0 Å². The molecule has 0 saturated heterocycles. The second-order valence-electron chi connectivity index (χ2n) is 22.2. The van der Waals surface area contributed by atoms with Gasteiger partial charge in [0.05, 0.1) is 22.1 Å². The molecule has 14 aromatic carbocycles. The predicted molar refractivity (Wildman–Crippen MR) is 388 cm³/mol. The first-order valence-corrected chi connectivity index (χ1v) is 31.1. The van der Waals surface area contributed by atoms with Crippen molar-refractivity contribution >= 4 is 76.6 Å². The number of hydrogen-bond donors (Lipinski definition) is 0. The molecule has 432 valence electrons. The summed E-state index contributed by atoms with van der Waals surface area (Å²) >= 11 is 3.52. The summed E-state index contributed by atoms with van der Waals surface area (Å²) in [6.45, 7) is 0. The molecule has 3 nitrogen and oxygen atoms in total. The van der Waals surface area contributed by atoms with Gasteiger partial charge in [-0.15, -0.1) is 0 Å². The number of anilines is 3. The molecule has 0 radical (unpaired) electrons. The van der Waals surface area contributed by atoms with Gasteiger partial charge in [0.25, 0.3) is 0 Å². The minimum Gasteiger partial charge on any atom is -0.311 e. The highest BCUT2D eigenvalue weighted by molar-refractivity contribution is 9.10. The number of benzene rings is 14. The molecule has 0 fully saturated rings. The van der Waals surface area contributed by atoms with E-state index in [4.69, 9.17) is 0 Å². The Morgan fingerprint density at radius 3 is 0.956 bits per heavy atom. The summed E-state index contributed by atoms with van der Waals surface area (Å²) in [5, 5.41) is 5.09. The summed E-state index contributed by atoms with van der Waals surface area (Å²) in [7, 11) is 0. The van der Waals surface area contributed by atoms with E-state index in [0.717, 1.165) is 28.0 Å². The Morgan fingerprint density at radius 1 is 0.233 bits per heavy atom. The van der Waals surface area contributed by atoms with Crippen LogP contribution in [0.2, 0.25) is 0 Å². The van der Waals surface area contributed by atoms with Gasteiger partial charge >= 0.3 is 0 Å². The molecule has 16 aromatic rings. The molecule has 0 bridgehead atoms. The van der Waals surface area contributed by atoms with Crippen molar-refractivity contribution in [2.75, 3.05) is 4.90 Å². The van der Waals surface area contributed by atoms with Gasteiger partial charge < -0.3 is 14.0 Å². The monoisotopic (exact) mass is 1220 g/mol. The van der Waals surface area contributed by atoms with Crippen molar-refractivity contribution < 1.29 is 0 Å². The zero-order valence-electron chi connectivity index (χ0n) is 49.1. The summed E-state index contributed by atoms with van der Waals surface area (Å²) in [4.78, 5) is 2.31. The summed E-state index contributed by atoms with van der Waals surface area (Å²) in [5.41, 5.74) is 23.2. The molecular formula is C86H66BrN3. The van der Waals surface area contributed by atoms with Crippen LogP contribution in [-0.2, 0) is 6.42 Å². The van der Waals surface area contributed by atoms with E-state index in [0.29, 0.717) is 0 Å². The number of halogens is 1. The number of rotatable bonds is 11. The highest BCUT2D eigenvalue weighted by atomic mass is 79.9. The van der Waals surface area contributed by atoms with Gasteiger partial charge in [-0.3, -0.25) is 0 Å². The molecule has 0 atom stereocenters. The van der Waals surface area contributed by atoms with Gasteiger partial charge in [-0.1, -0.05) is 278 Å². The van der Waals surface area contributed by atoms with Crippen molar-refractivity contribution in [3.8, 4) is 55.9 Å². The molecule has 16 rings (SSSR count). The van der Waals surface area contributed by atoms with E-state index in [9.17, 15) is 0 Å². The van der Waals surface area contributed by atoms with Crippen LogP contribution in [-0.4, -0.2) is 9.13 Å². The molecular weight excluding hydrogens is 1150 g/mol. The van der Waals surface area contributed by atoms with Gasteiger partial charge in [-0.25, -0.2) is 0 Å². The zero-order valence-corrected chi connectivity index (χ0v) is 50.7. The van der Waals surface area contributed by atoms with Crippen LogP contribution in [0.15, 0.2) is 368 Å². The third-order valence-corrected chi connectivity index (χ3v) is 17.1. The van der Waals surface area contributed by atoms with Gasteiger partial charge in [0.1, 0.15) is 0 Å². The highest BCUT2D eigenvalue weighted by Gasteiger charge is 2.17. The zero-order chi connectivity index (χ0) is 59.7. The lowest BCUT2D eigenvalue weighted by Gasteiger charge is -2.26. The van der Waals surface area contributed by atoms with Crippen molar-refractivity contribution in [2.45, 2.75) is 13.8 Å². The molecule has 0 N–H and O–H groups in total. The van der Waals surface area contributed by atoms with Crippen LogP contribution < -0.4 is 4.90 Å². The van der Waals surface area contributed by atoms with E-state index in [2.05, 4.69) is 388 Å². The van der Waals surface area contributed by atoms with Crippen LogP contribution in [0.25, 0.3) is 99.5 Å². The minimum absolute atomic E-state index is 0. The predicted octanol–water partition coefficient (Wildman–Crippen LogP) is 24.4. The van der Waals surface area contributed by atoms with Gasteiger partial charge in [-0.2, -0.15) is 0 Å². The molecule has 0 amide bonds. The van der Waals surface area contributed by atoms with Crippen LogP contribution in [0.4, 0.5) is 17.1 Å². The van der Waals surface area contributed by atoms with E-state index in [1.54, 1.807) is 0 Å². The fraction of sp³-hybridized carbons (Fsp3) is 0.0233. The van der Waals surface area contributed by atoms with Crippen molar-refractivity contribution in [3.05, 3.63) is 380 Å². The maximum atomic E-state index is 3.52. The van der Waals surface area contributed by atoms with Gasteiger partial charge in [-0.05, 0) is 171 Å². The fourth-order valence-electron chi connectivity index (χ4n) is 12.2. The molecule has 4 heteroatoms. The van der Waals surface area contributed by atoms with E-state index in [1.165, 1.54) is 111 Å². The average Bonchev–Trinajstić information content (AvgIpc) is 1.62. The Kier molecular flexibility index (Phi) is 17.4. The molecule has 0 unspecified atom stereocenters. The summed E-state index contributed by atoms with van der Waals surface area (Å²) in [5.74, 6) is 0. The van der Waals surface area contributed by atoms with E-state index < -0.39 is 0 Å². The largest absolute Gasteiger partial charge is 0.311 e. The Morgan fingerprint density at radius 2 is 0.522 bits per heavy atom. The molecule has 2 heterocycles. The number of para-hydroxylation sites is 5. The molecule has 0 spiro atoms. The maximum absolute atomic E-state index is 3.52. The van der Waals surface area contributed by atoms with Crippen molar-refractivity contribution in [2.24, 2.45) is 0 Å². The number of hydrogen-bond acceptors (Lipinski definition) is 1. The number of fused-ring (bicyclic) bond motifs is 6. The fourth-order valence-corrected chi connectivity index (χ4v) is 12.5. The lowest BCUT2D eigenvalue weighted by Crippen LogP contribution is -2.09. The number of nitrogens with zero attached hydrogens (tertiary/aromatic N) is 3. The summed E-state index contributed by atoms with van der Waals surface area (Å²) in [6, 6.07) is 129. The van der Waals surface area contributed by atoms with E-state index in [-0.39, 0.29) is 7.43 Å². The van der Waals surface area contributed by atoms with Crippen molar-refractivity contribution in [3.63, 3.8) is 0 Å². The van der Waals surface area contributed by atoms with Crippen molar-refractivity contribution in [1.29, 1.82) is 0 Å². The van der Waals surface area contributed by atoms with Crippen LogP contribution in [0.3, 0.4) is 0 Å². The molecule has 0 aliphatic carbocycles. The lowest BCUT2D eigenvalue weighted by molar-refractivity contribution is 1.18. The minimum atomic E-state index is 0. The Bertz CT molecular complexity index is 4970.